The lowest BCUT2D eigenvalue weighted by atomic mass is 10.1. The van der Waals surface area contributed by atoms with Crippen LogP contribution < -0.4 is 34.7 Å². The fourth-order valence-corrected chi connectivity index (χ4v) is 3.39. The Morgan fingerprint density at radius 1 is 0.971 bits per heavy atom. The van der Waals surface area contributed by atoms with Gasteiger partial charge in [-0.3, -0.25) is 25.2 Å². The molecule has 2 N–H and O–H groups in total. The van der Waals surface area contributed by atoms with Gasteiger partial charge in [0, 0.05) is 18.5 Å². The Morgan fingerprint density at radius 2 is 1.62 bits per heavy atom. The van der Waals surface area contributed by atoms with E-state index in [9.17, 15) is 14.4 Å². The third kappa shape index (κ3) is 5.89. The average molecular weight is 472 g/mol. The van der Waals surface area contributed by atoms with E-state index in [0.29, 0.717) is 48.5 Å². The maximum Gasteiger partial charge on any atom is 0.269 e. The minimum Gasteiger partial charge on any atom is -0.490 e. The number of carbonyl (C=O) groups is 3. The molecule has 0 saturated carbocycles. The number of para-hydroxylation sites is 2. The van der Waals surface area contributed by atoms with E-state index >= 15 is 0 Å². The number of ether oxygens (including phenoxy) is 4. The molecule has 0 saturated heterocycles. The molecule has 0 aromatic heterocycles. The number of hydrogen-bond acceptors (Lipinski definition) is 7. The quantitative estimate of drug-likeness (QED) is 0.512. The minimum atomic E-state index is -0.550. The molecule has 0 bridgehead atoms. The van der Waals surface area contributed by atoms with Gasteiger partial charge in [-0.05, 0) is 45.0 Å². The predicted octanol–water partition coefficient (Wildman–Crippen LogP) is 2.46. The Morgan fingerprint density at radius 3 is 2.26 bits per heavy atom. The van der Waals surface area contributed by atoms with E-state index in [1.54, 1.807) is 18.2 Å². The number of hydrogen-bond donors (Lipinski definition) is 2. The van der Waals surface area contributed by atoms with Crippen LogP contribution in [0, 0.1) is 0 Å². The second kappa shape index (κ2) is 11.8. The summed E-state index contributed by atoms with van der Waals surface area (Å²) in [5.74, 6) is 0.505. The normalized spacial score (nSPS) is 12.3. The molecule has 10 nitrogen and oxygen atoms in total. The molecule has 1 aliphatic rings. The molecule has 1 aliphatic heterocycles. The molecular weight excluding hydrogens is 442 g/mol. The SMILES string of the molecule is CCOc1cc(C(=O)NNC(=O)CCN2C(=O)COc3ccccc32)cc(OCC)c1OCC. The number of fused-ring (bicyclic) bond motifs is 1. The second-order valence-electron chi connectivity index (χ2n) is 7.15. The van der Waals surface area contributed by atoms with Gasteiger partial charge in [0.05, 0.1) is 25.5 Å². The lowest BCUT2D eigenvalue weighted by Gasteiger charge is -2.29. The van der Waals surface area contributed by atoms with Gasteiger partial charge in [0.2, 0.25) is 11.7 Å². The van der Waals surface area contributed by atoms with Crippen molar-refractivity contribution in [3.63, 3.8) is 0 Å². The highest BCUT2D eigenvalue weighted by Gasteiger charge is 2.25. The Labute approximate surface area is 198 Å². The molecule has 2 aromatic rings. The summed E-state index contributed by atoms with van der Waals surface area (Å²) < 4.78 is 22.3. The van der Waals surface area contributed by atoms with Crippen LogP contribution in [-0.2, 0) is 9.59 Å². The topological polar surface area (TPSA) is 115 Å². The largest absolute Gasteiger partial charge is 0.490 e. The van der Waals surface area contributed by atoms with Gasteiger partial charge < -0.3 is 23.8 Å². The molecule has 0 aliphatic carbocycles. The summed E-state index contributed by atoms with van der Waals surface area (Å²) >= 11 is 0. The van der Waals surface area contributed by atoms with Crippen LogP contribution in [0.2, 0.25) is 0 Å². The van der Waals surface area contributed by atoms with Gasteiger partial charge >= 0.3 is 0 Å². The zero-order valence-electron chi connectivity index (χ0n) is 19.5. The van der Waals surface area contributed by atoms with E-state index in [-0.39, 0.29) is 31.0 Å². The third-order valence-electron chi connectivity index (χ3n) is 4.86. The highest BCUT2D eigenvalue weighted by Crippen LogP contribution is 2.39. The van der Waals surface area contributed by atoms with Crippen molar-refractivity contribution in [1.29, 1.82) is 0 Å². The monoisotopic (exact) mass is 471 g/mol. The molecule has 0 spiro atoms. The molecule has 0 radical (unpaired) electrons. The van der Waals surface area contributed by atoms with Crippen molar-refractivity contribution in [1.82, 2.24) is 10.9 Å². The Bertz CT molecular complexity index is 1010. The first kappa shape index (κ1) is 24.7. The van der Waals surface area contributed by atoms with Crippen molar-refractivity contribution in [2.45, 2.75) is 27.2 Å². The van der Waals surface area contributed by atoms with Gasteiger partial charge in [-0.1, -0.05) is 12.1 Å². The van der Waals surface area contributed by atoms with Gasteiger partial charge in [-0.15, -0.1) is 0 Å². The maximum absolute atomic E-state index is 12.7. The Kier molecular flexibility index (Phi) is 8.55. The van der Waals surface area contributed by atoms with E-state index < -0.39 is 11.8 Å². The van der Waals surface area contributed by atoms with Crippen LogP contribution >= 0.6 is 0 Å². The maximum atomic E-state index is 12.7. The van der Waals surface area contributed by atoms with Crippen molar-refractivity contribution in [2.24, 2.45) is 0 Å². The summed E-state index contributed by atoms with van der Waals surface area (Å²) in [5, 5.41) is 0. The fourth-order valence-electron chi connectivity index (χ4n) is 3.39. The first-order valence-corrected chi connectivity index (χ1v) is 11.2. The molecule has 2 aromatic carbocycles. The Balaban J connectivity index is 1.63. The molecule has 34 heavy (non-hydrogen) atoms. The van der Waals surface area contributed by atoms with Crippen molar-refractivity contribution in [2.75, 3.05) is 37.9 Å². The third-order valence-corrected chi connectivity index (χ3v) is 4.86. The molecule has 0 unspecified atom stereocenters. The summed E-state index contributed by atoms with van der Waals surface area (Å²) in [6.45, 7) is 6.68. The van der Waals surface area contributed by atoms with E-state index in [2.05, 4.69) is 10.9 Å². The smallest absolute Gasteiger partial charge is 0.269 e. The van der Waals surface area contributed by atoms with Crippen LogP contribution in [0.4, 0.5) is 5.69 Å². The molecule has 0 fully saturated rings. The standard InChI is InChI=1S/C24H29N3O7/c1-4-31-19-13-16(14-20(32-5-2)23(19)33-6-3)24(30)26-25-21(28)11-12-27-17-9-7-8-10-18(17)34-15-22(27)29/h7-10,13-14H,4-6,11-12,15H2,1-3H3,(H,25,28)(H,26,30). The molecular formula is C24H29N3O7. The number of anilines is 1. The molecule has 10 heteroatoms. The Hall–Kier alpha value is -3.95. The summed E-state index contributed by atoms with van der Waals surface area (Å²) in [5.41, 5.74) is 5.61. The number of amides is 3. The van der Waals surface area contributed by atoms with E-state index in [4.69, 9.17) is 18.9 Å². The van der Waals surface area contributed by atoms with Gasteiger partial charge in [0.25, 0.3) is 11.8 Å². The van der Waals surface area contributed by atoms with Gasteiger partial charge in [-0.2, -0.15) is 0 Å². The van der Waals surface area contributed by atoms with Gasteiger partial charge in [0.15, 0.2) is 18.1 Å². The predicted molar refractivity (Wildman–Crippen MR) is 124 cm³/mol. The van der Waals surface area contributed by atoms with Crippen molar-refractivity contribution < 1.29 is 33.3 Å². The van der Waals surface area contributed by atoms with E-state index in [1.807, 2.05) is 26.8 Å². The van der Waals surface area contributed by atoms with Crippen molar-refractivity contribution in [3.8, 4) is 23.0 Å². The zero-order chi connectivity index (χ0) is 24.5. The first-order chi connectivity index (χ1) is 16.5. The van der Waals surface area contributed by atoms with Crippen LogP contribution in [0.15, 0.2) is 36.4 Å². The summed E-state index contributed by atoms with van der Waals surface area (Å²) in [6.07, 6.45) is -0.0158. The van der Waals surface area contributed by atoms with Crippen molar-refractivity contribution >= 4 is 23.4 Å². The molecule has 3 amide bonds. The van der Waals surface area contributed by atoms with Crippen LogP contribution in [0.1, 0.15) is 37.6 Å². The van der Waals surface area contributed by atoms with Crippen LogP contribution in [0.3, 0.4) is 0 Å². The van der Waals surface area contributed by atoms with Gasteiger partial charge in [0.1, 0.15) is 5.75 Å². The van der Waals surface area contributed by atoms with Crippen LogP contribution in [0.5, 0.6) is 23.0 Å². The summed E-state index contributed by atoms with van der Waals surface area (Å²) in [7, 11) is 0. The number of carbonyl (C=O) groups excluding carboxylic acids is 3. The summed E-state index contributed by atoms with van der Waals surface area (Å²) in [6, 6.07) is 10.2. The lowest BCUT2D eigenvalue weighted by Crippen LogP contribution is -2.45. The van der Waals surface area contributed by atoms with Gasteiger partial charge in [-0.25, -0.2) is 0 Å². The number of benzene rings is 2. The molecule has 3 rings (SSSR count). The lowest BCUT2D eigenvalue weighted by molar-refractivity contribution is -0.122. The van der Waals surface area contributed by atoms with Crippen molar-refractivity contribution in [3.05, 3.63) is 42.0 Å². The zero-order valence-corrected chi connectivity index (χ0v) is 19.5. The molecule has 182 valence electrons. The average Bonchev–Trinajstić information content (AvgIpc) is 2.84. The number of hydrazine groups is 1. The number of rotatable bonds is 10. The highest BCUT2D eigenvalue weighted by molar-refractivity contribution is 5.99. The minimum absolute atomic E-state index is 0.0158. The van der Waals surface area contributed by atoms with E-state index in [0.717, 1.165) is 0 Å². The number of nitrogens with one attached hydrogen (secondary N) is 2. The van der Waals surface area contributed by atoms with Crippen LogP contribution in [0.25, 0.3) is 0 Å². The second-order valence-corrected chi connectivity index (χ2v) is 7.15. The fraction of sp³-hybridized carbons (Fsp3) is 0.375. The number of nitrogens with zero attached hydrogens (tertiary/aromatic N) is 1. The highest BCUT2D eigenvalue weighted by atomic mass is 16.5. The van der Waals surface area contributed by atoms with E-state index in [1.165, 1.54) is 17.0 Å². The molecule has 0 atom stereocenters. The van der Waals surface area contributed by atoms with Crippen LogP contribution in [-0.4, -0.2) is 50.7 Å². The molecule has 1 heterocycles. The first-order valence-electron chi connectivity index (χ1n) is 11.2. The summed E-state index contributed by atoms with van der Waals surface area (Å²) in [4.78, 5) is 38.8.